The van der Waals surface area contributed by atoms with Crippen LogP contribution in [0.2, 0.25) is 0 Å². The van der Waals surface area contributed by atoms with Crippen LogP contribution in [0.4, 0.5) is 8.78 Å². The molecule has 2 rings (SSSR count). The van der Waals surface area contributed by atoms with Gasteiger partial charge in [-0.3, -0.25) is 0 Å². The molecule has 1 unspecified atom stereocenters. The monoisotopic (exact) mass is 316 g/mol. The SMILES string of the molecule is FC1(F)CCC2(CCOC2CI)CC1. The van der Waals surface area contributed by atoms with Crippen molar-refractivity contribution in [3.8, 4) is 0 Å². The van der Waals surface area contributed by atoms with Crippen LogP contribution in [0.15, 0.2) is 0 Å². The number of halogens is 3. The van der Waals surface area contributed by atoms with E-state index in [4.69, 9.17) is 4.74 Å². The van der Waals surface area contributed by atoms with Crippen molar-refractivity contribution < 1.29 is 13.5 Å². The van der Waals surface area contributed by atoms with Crippen LogP contribution >= 0.6 is 22.6 Å². The van der Waals surface area contributed by atoms with Crippen molar-refractivity contribution >= 4 is 22.6 Å². The van der Waals surface area contributed by atoms with Crippen LogP contribution in [0.5, 0.6) is 0 Å². The second kappa shape index (κ2) is 3.85. The summed E-state index contributed by atoms with van der Waals surface area (Å²) >= 11 is 2.30. The maximum absolute atomic E-state index is 13.0. The maximum atomic E-state index is 13.0. The Hall–Kier alpha value is 0.550. The van der Waals surface area contributed by atoms with Gasteiger partial charge in [-0.15, -0.1) is 0 Å². The van der Waals surface area contributed by atoms with Crippen molar-refractivity contribution in [1.29, 1.82) is 0 Å². The van der Waals surface area contributed by atoms with E-state index in [2.05, 4.69) is 22.6 Å². The highest BCUT2D eigenvalue weighted by Crippen LogP contribution is 2.51. The molecule has 1 spiro atoms. The molecule has 14 heavy (non-hydrogen) atoms. The zero-order valence-electron chi connectivity index (χ0n) is 8.07. The molecule has 1 saturated heterocycles. The third kappa shape index (κ3) is 1.92. The molecule has 0 radical (unpaired) electrons. The Labute approximate surface area is 96.7 Å². The van der Waals surface area contributed by atoms with Crippen LogP contribution in [-0.4, -0.2) is 23.1 Å². The fourth-order valence-electron chi connectivity index (χ4n) is 2.64. The summed E-state index contributed by atoms with van der Waals surface area (Å²) in [5.41, 5.74) is 0.0862. The molecule has 1 nitrogen and oxygen atoms in total. The van der Waals surface area contributed by atoms with Crippen molar-refractivity contribution in [2.75, 3.05) is 11.0 Å². The number of ether oxygens (including phenoxy) is 1. The molecule has 0 aromatic carbocycles. The topological polar surface area (TPSA) is 9.23 Å². The van der Waals surface area contributed by atoms with Crippen LogP contribution in [0.25, 0.3) is 0 Å². The second-order valence-electron chi connectivity index (χ2n) is 4.48. The Bertz CT molecular complexity index is 210. The predicted octanol–water partition coefficient (Wildman–Crippen LogP) is 3.41. The van der Waals surface area contributed by atoms with Crippen molar-refractivity contribution in [3.05, 3.63) is 0 Å². The molecular formula is C10H15F2IO. The maximum Gasteiger partial charge on any atom is 0.248 e. The van der Waals surface area contributed by atoms with Gasteiger partial charge in [0.2, 0.25) is 5.92 Å². The van der Waals surface area contributed by atoms with Crippen molar-refractivity contribution in [2.24, 2.45) is 5.41 Å². The molecule has 4 heteroatoms. The molecule has 0 aromatic heterocycles. The number of rotatable bonds is 1. The smallest absolute Gasteiger partial charge is 0.248 e. The number of hydrogen-bond donors (Lipinski definition) is 0. The molecule has 1 aliphatic carbocycles. The third-order valence-corrected chi connectivity index (χ3v) is 4.52. The largest absolute Gasteiger partial charge is 0.377 e. The molecule has 2 aliphatic rings. The summed E-state index contributed by atoms with van der Waals surface area (Å²) in [5.74, 6) is -2.41. The minimum absolute atomic E-state index is 0.0590. The fraction of sp³-hybridized carbons (Fsp3) is 1.00. The Kier molecular flexibility index (Phi) is 3.04. The van der Waals surface area contributed by atoms with E-state index in [1.165, 1.54) is 0 Å². The number of hydrogen-bond acceptors (Lipinski definition) is 1. The van der Waals surface area contributed by atoms with Gasteiger partial charge in [-0.25, -0.2) is 8.78 Å². The van der Waals surface area contributed by atoms with Crippen LogP contribution in [0, 0.1) is 5.41 Å². The van der Waals surface area contributed by atoms with Crippen LogP contribution in [-0.2, 0) is 4.74 Å². The molecule has 0 bridgehead atoms. The average Bonchev–Trinajstić information content (AvgIpc) is 2.54. The quantitative estimate of drug-likeness (QED) is 0.532. The molecule has 82 valence electrons. The lowest BCUT2D eigenvalue weighted by atomic mass is 9.69. The Balaban J connectivity index is 2.04. The van der Waals surface area contributed by atoms with Gasteiger partial charge in [0.1, 0.15) is 0 Å². The van der Waals surface area contributed by atoms with Crippen molar-refractivity contribution in [1.82, 2.24) is 0 Å². The molecule has 1 atom stereocenters. The summed E-state index contributed by atoms with van der Waals surface area (Å²) in [6.45, 7) is 0.763. The summed E-state index contributed by atoms with van der Waals surface area (Å²) in [7, 11) is 0. The van der Waals surface area contributed by atoms with E-state index in [1.54, 1.807) is 0 Å². The van der Waals surface area contributed by atoms with Crippen LogP contribution in [0.3, 0.4) is 0 Å². The zero-order valence-corrected chi connectivity index (χ0v) is 10.2. The van der Waals surface area contributed by atoms with E-state index in [1.807, 2.05) is 0 Å². The normalized spacial score (nSPS) is 34.9. The lowest BCUT2D eigenvalue weighted by Crippen LogP contribution is -2.39. The van der Waals surface area contributed by atoms with Crippen molar-refractivity contribution in [2.45, 2.75) is 44.1 Å². The highest BCUT2D eigenvalue weighted by atomic mass is 127. The first kappa shape index (κ1) is 11.0. The molecule has 0 N–H and O–H groups in total. The van der Waals surface area contributed by atoms with Gasteiger partial charge in [-0.1, -0.05) is 22.6 Å². The Morgan fingerprint density at radius 1 is 1.14 bits per heavy atom. The van der Waals surface area contributed by atoms with E-state index in [0.717, 1.165) is 17.5 Å². The second-order valence-corrected chi connectivity index (χ2v) is 5.36. The minimum atomic E-state index is -2.41. The average molecular weight is 316 g/mol. The summed E-state index contributed by atoms with van der Waals surface area (Å²) in [6.07, 6.45) is 2.62. The van der Waals surface area contributed by atoms with E-state index >= 15 is 0 Å². The fourth-order valence-corrected chi connectivity index (χ4v) is 3.82. The van der Waals surface area contributed by atoms with Gasteiger partial charge in [-0.2, -0.15) is 0 Å². The van der Waals surface area contributed by atoms with E-state index in [-0.39, 0.29) is 24.4 Å². The first-order valence-corrected chi connectivity index (χ1v) is 6.66. The Morgan fingerprint density at radius 3 is 2.36 bits per heavy atom. The molecule has 1 aliphatic heterocycles. The van der Waals surface area contributed by atoms with Gasteiger partial charge < -0.3 is 4.74 Å². The van der Waals surface area contributed by atoms with Crippen LogP contribution < -0.4 is 0 Å². The number of alkyl halides is 3. The molecule has 0 aromatic rings. The summed E-state index contributed by atoms with van der Waals surface area (Å²) in [6, 6.07) is 0. The highest BCUT2D eigenvalue weighted by molar-refractivity contribution is 14.1. The molecular weight excluding hydrogens is 301 g/mol. The Morgan fingerprint density at radius 2 is 1.79 bits per heavy atom. The minimum Gasteiger partial charge on any atom is -0.377 e. The van der Waals surface area contributed by atoms with E-state index in [0.29, 0.717) is 12.8 Å². The summed E-state index contributed by atoms with van der Waals surface area (Å²) in [4.78, 5) is 0. The van der Waals surface area contributed by atoms with Gasteiger partial charge in [0.15, 0.2) is 0 Å². The first-order valence-electron chi connectivity index (χ1n) is 5.13. The molecule has 0 amide bonds. The molecule has 1 saturated carbocycles. The zero-order chi connectivity index (χ0) is 10.2. The summed E-state index contributed by atoms with van der Waals surface area (Å²) in [5, 5.41) is 0. The predicted molar refractivity (Wildman–Crippen MR) is 59.1 cm³/mol. The van der Waals surface area contributed by atoms with E-state index < -0.39 is 5.92 Å². The lowest BCUT2D eigenvalue weighted by molar-refractivity contribution is -0.0792. The van der Waals surface area contributed by atoms with Gasteiger partial charge in [0.05, 0.1) is 6.10 Å². The van der Waals surface area contributed by atoms with Gasteiger partial charge in [0, 0.05) is 23.9 Å². The lowest BCUT2D eigenvalue weighted by Gasteiger charge is -2.39. The molecule has 1 heterocycles. The van der Waals surface area contributed by atoms with Crippen molar-refractivity contribution in [3.63, 3.8) is 0 Å². The van der Waals surface area contributed by atoms with E-state index in [9.17, 15) is 8.78 Å². The van der Waals surface area contributed by atoms with Gasteiger partial charge in [0.25, 0.3) is 0 Å². The standard InChI is InChI=1S/C10H15F2IO/c11-10(12)3-1-9(2-4-10)5-6-14-8(9)7-13/h8H,1-7H2. The highest BCUT2D eigenvalue weighted by Gasteiger charge is 2.49. The first-order chi connectivity index (χ1) is 6.58. The van der Waals surface area contributed by atoms with Crippen LogP contribution in [0.1, 0.15) is 32.1 Å². The summed E-state index contributed by atoms with van der Waals surface area (Å²) < 4.78 is 32.6. The van der Waals surface area contributed by atoms with Gasteiger partial charge in [-0.05, 0) is 24.7 Å². The third-order valence-electron chi connectivity index (χ3n) is 3.72. The molecule has 2 fully saturated rings. The van der Waals surface area contributed by atoms with Gasteiger partial charge >= 0.3 is 0 Å².